The molecule has 1 fully saturated rings. The van der Waals surface area contributed by atoms with Crippen LogP contribution in [0.25, 0.3) is 0 Å². The van der Waals surface area contributed by atoms with E-state index in [2.05, 4.69) is 15.6 Å². The Bertz CT molecular complexity index is 1050. The molecule has 4 nitrogen and oxygen atoms in total. The van der Waals surface area contributed by atoms with Crippen LogP contribution in [0.15, 0.2) is 66.9 Å². The molecule has 32 heavy (non-hydrogen) atoms. The zero-order chi connectivity index (χ0) is 22.6. The molecule has 0 aliphatic heterocycles. The molecule has 1 aromatic heterocycles. The van der Waals surface area contributed by atoms with Crippen LogP contribution < -0.4 is 10.6 Å². The average molecular weight is 489 g/mol. The summed E-state index contributed by atoms with van der Waals surface area (Å²) in [7, 11) is 0. The van der Waals surface area contributed by atoms with Crippen molar-refractivity contribution in [1.29, 1.82) is 0 Å². The lowest BCUT2D eigenvalue weighted by molar-refractivity contribution is 0.225. The van der Waals surface area contributed by atoms with Crippen molar-refractivity contribution in [1.82, 2.24) is 15.6 Å². The normalized spacial score (nSPS) is 15.8. The average Bonchev–Trinajstić information content (AvgIpc) is 3.26. The minimum Gasteiger partial charge on any atom is -0.335 e. The lowest BCUT2D eigenvalue weighted by atomic mass is 9.80. The van der Waals surface area contributed by atoms with E-state index in [-0.39, 0.29) is 12.1 Å². The quantitative estimate of drug-likeness (QED) is 0.402. The van der Waals surface area contributed by atoms with Gasteiger partial charge in [0, 0.05) is 28.7 Å². The Balaban J connectivity index is 1.83. The van der Waals surface area contributed by atoms with Gasteiger partial charge in [0.15, 0.2) is 0 Å². The van der Waals surface area contributed by atoms with Gasteiger partial charge in [-0.2, -0.15) is 0 Å². The van der Waals surface area contributed by atoms with E-state index in [1.54, 1.807) is 18.3 Å². The Morgan fingerprint density at radius 3 is 2.25 bits per heavy atom. The number of carbonyl (C=O) groups is 1. The Hall–Kier alpha value is -2.27. The van der Waals surface area contributed by atoms with Gasteiger partial charge in [-0.1, -0.05) is 78.0 Å². The van der Waals surface area contributed by atoms with Crippen molar-refractivity contribution in [2.24, 2.45) is 0 Å². The number of pyridine rings is 1. The molecule has 166 valence electrons. The molecule has 1 heterocycles. The van der Waals surface area contributed by atoms with E-state index < -0.39 is 5.54 Å². The number of aromatic nitrogens is 1. The number of halogens is 3. The van der Waals surface area contributed by atoms with Crippen molar-refractivity contribution < 1.29 is 4.79 Å². The monoisotopic (exact) mass is 487 g/mol. The van der Waals surface area contributed by atoms with Crippen molar-refractivity contribution in [3.8, 4) is 0 Å². The number of rotatable bonds is 6. The highest BCUT2D eigenvalue weighted by Gasteiger charge is 2.39. The highest BCUT2D eigenvalue weighted by atomic mass is 35.5. The second-order valence-electron chi connectivity index (χ2n) is 8.17. The van der Waals surface area contributed by atoms with Crippen molar-refractivity contribution in [2.45, 2.75) is 43.7 Å². The molecule has 0 saturated heterocycles. The van der Waals surface area contributed by atoms with E-state index in [0.29, 0.717) is 27.2 Å². The van der Waals surface area contributed by atoms with Crippen LogP contribution in [0.3, 0.4) is 0 Å². The zero-order valence-corrected chi connectivity index (χ0v) is 19.7. The Kier molecular flexibility index (Phi) is 7.24. The molecule has 1 saturated carbocycles. The molecule has 1 aliphatic carbocycles. The van der Waals surface area contributed by atoms with Gasteiger partial charge in [0.1, 0.15) is 5.54 Å². The van der Waals surface area contributed by atoms with E-state index in [1.807, 2.05) is 48.5 Å². The minimum absolute atomic E-state index is 0.172. The van der Waals surface area contributed by atoms with Crippen LogP contribution in [0.1, 0.15) is 42.5 Å². The van der Waals surface area contributed by atoms with Crippen molar-refractivity contribution >= 4 is 40.8 Å². The Morgan fingerprint density at radius 1 is 0.938 bits per heavy atom. The molecule has 2 N–H and O–H groups in total. The molecule has 2 aromatic carbocycles. The molecule has 7 heteroatoms. The lowest BCUT2D eigenvalue weighted by Crippen LogP contribution is -2.54. The summed E-state index contributed by atoms with van der Waals surface area (Å²) in [5.41, 5.74) is 1.41. The highest BCUT2D eigenvalue weighted by molar-refractivity contribution is 6.34. The zero-order valence-electron chi connectivity index (χ0n) is 17.5. The summed E-state index contributed by atoms with van der Waals surface area (Å²) < 4.78 is 0. The number of amides is 2. The summed E-state index contributed by atoms with van der Waals surface area (Å²) in [5, 5.41) is 7.85. The first-order chi connectivity index (χ1) is 15.4. The van der Waals surface area contributed by atoms with Gasteiger partial charge in [-0.05, 0) is 54.3 Å². The van der Waals surface area contributed by atoms with E-state index in [0.717, 1.165) is 36.8 Å². The molecule has 1 atom stereocenters. The topological polar surface area (TPSA) is 54.0 Å². The van der Waals surface area contributed by atoms with Crippen molar-refractivity contribution in [3.05, 3.63) is 98.7 Å². The fraction of sp³-hybridized carbons (Fsp3) is 0.280. The fourth-order valence-electron chi connectivity index (χ4n) is 4.34. The van der Waals surface area contributed by atoms with Gasteiger partial charge in [-0.3, -0.25) is 4.98 Å². The summed E-state index contributed by atoms with van der Waals surface area (Å²) in [5.74, 6) is 0. The Labute approximate surface area is 203 Å². The molecule has 4 rings (SSSR count). The van der Waals surface area contributed by atoms with E-state index >= 15 is 0 Å². The molecule has 1 unspecified atom stereocenters. The number of hydrogen-bond donors (Lipinski definition) is 2. The molecular weight excluding hydrogens is 465 g/mol. The third-order valence-corrected chi connectivity index (χ3v) is 6.51. The maximum Gasteiger partial charge on any atom is 0.316 e. The van der Waals surface area contributed by atoms with Gasteiger partial charge in [-0.25, -0.2) is 4.79 Å². The van der Waals surface area contributed by atoms with Gasteiger partial charge in [0.2, 0.25) is 0 Å². The van der Waals surface area contributed by atoms with Crippen LogP contribution in [0.4, 0.5) is 4.79 Å². The van der Waals surface area contributed by atoms with Crippen LogP contribution in [0.2, 0.25) is 15.1 Å². The summed E-state index contributed by atoms with van der Waals surface area (Å²) in [6.07, 6.45) is 6.27. The summed E-state index contributed by atoms with van der Waals surface area (Å²) in [4.78, 5) is 17.9. The molecule has 0 radical (unpaired) electrons. The van der Waals surface area contributed by atoms with Crippen molar-refractivity contribution in [3.63, 3.8) is 0 Å². The molecule has 1 aliphatic rings. The van der Waals surface area contributed by atoms with Crippen LogP contribution in [0.5, 0.6) is 0 Å². The summed E-state index contributed by atoms with van der Waals surface area (Å²) in [6.45, 7) is 0. The number of nitrogens with zero attached hydrogens (tertiary/aromatic N) is 1. The number of carbonyl (C=O) groups excluding carboxylic acids is 1. The highest BCUT2D eigenvalue weighted by Crippen LogP contribution is 2.36. The molecule has 3 aromatic rings. The number of benzene rings is 2. The standard InChI is InChI=1S/C25H24Cl3N3O/c26-19-10-11-23(29-16-19)25(15-17-6-2-1-3-7-17,18-12-20(27)14-21(28)13-18)31-24(32)30-22-8-4-5-9-22/h1-3,6-7,10-14,16,22H,4-5,8-9,15H2,(H2,30,31,32). The minimum atomic E-state index is -1.01. The maximum atomic E-state index is 13.2. The predicted octanol–water partition coefficient (Wildman–Crippen LogP) is 6.77. The molecule has 2 amide bonds. The third kappa shape index (κ3) is 5.37. The SMILES string of the molecule is O=C(NC1CCCC1)NC(Cc1ccccc1)(c1cc(Cl)cc(Cl)c1)c1ccc(Cl)cn1. The van der Waals surface area contributed by atoms with Gasteiger partial charge in [0.25, 0.3) is 0 Å². The Morgan fingerprint density at radius 2 is 1.62 bits per heavy atom. The first-order valence-corrected chi connectivity index (χ1v) is 11.8. The van der Waals surface area contributed by atoms with Gasteiger partial charge < -0.3 is 10.6 Å². The third-order valence-electron chi connectivity index (χ3n) is 5.85. The predicted molar refractivity (Wildman–Crippen MR) is 131 cm³/mol. The van der Waals surface area contributed by atoms with E-state index in [9.17, 15) is 4.79 Å². The first kappa shape index (κ1) is 22.9. The smallest absolute Gasteiger partial charge is 0.316 e. The second-order valence-corrected chi connectivity index (χ2v) is 9.48. The number of urea groups is 1. The number of hydrogen-bond acceptors (Lipinski definition) is 2. The van der Waals surface area contributed by atoms with E-state index in [1.165, 1.54) is 0 Å². The summed E-state index contributed by atoms with van der Waals surface area (Å²) >= 11 is 18.9. The van der Waals surface area contributed by atoms with Gasteiger partial charge in [0.05, 0.1) is 10.7 Å². The molecule has 0 bridgehead atoms. The van der Waals surface area contributed by atoms with E-state index in [4.69, 9.17) is 34.8 Å². The summed E-state index contributed by atoms with van der Waals surface area (Å²) in [6, 6.07) is 18.8. The van der Waals surface area contributed by atoms with Crippen LogP contribution in [-0.2, 0) is 12.0 Å². The van der Waals surface area contributed by atoms with Crippen molar-refractivity contribution in [2.75, 3.05) is 0 Å². The lowest BCUT2D eigenvalue weighted by Gasteiger charge is -2.36. The van der Waals surface area contributed by atoms with Crippen LogP contribution >= 0.6 is 34.8 Å². The first-order valence-electron chi connectivity index (χ1n) is 10.7. The van der Waals surface area contributed by atoms with Gasteiger partial charge >= 0.3 is 6.03 Å². The maximum absolute atomic E-state index is 13.2. The fourth-order valence-corrected chi connectivity index (χ4v) is 4.97. The van der Waals surface area contributed by atoms with Gasteiger partial charge in [-0.15, -0.1) is 0 Å². The number of nitrogens with one attached hydrogen (secondary N) is 2. The molecular formula is C25H24Cl3N3O. The molecule has 0 spiro atoms. The van der Waals surface area contributed by atoms with Crippen LogP contribution in [0, 0.1) is 0 Å². The van der Waals surface area contributed by atoms with Crippen LogP contribution in [-0.4, -0.2) is 17.1 Å². The largest absolute Gasteiger partial charge is 0.335 e. The second kappa shape index (κ2) is 10.1.